The Labute approximate surface area is 80.3 Å². The third kappa shape index (κ3) is 2.03. The number of benzene rings is 1. The fourth-order valence-corrected chi connectivity index (χ4v) is 0.891. The molecule has 15 heavy (non-hydrogen) atoms. The van der Waals surface area contributed by atoms with Crippen LogP contribution in [0, 0.1) is 0 Å². The minimum atomic E-state index is -1.50. The highest BCUT2D eigenvalue weighted by Gasteiger charge is 2.20. The average Bonchev–Trinajstić information content (AvgIpc) is 2.26. The van der Waals surface area contributed by atoms with Gasteiger partial charge in [-0.2, -0.15) is 0 Å². The molecule has 0 unspecified atom stereocenters. The van der Waals surface area contributed by atoms with Crippen LogP contribution in [0.5, 0.6) is 17.2 Å². The number of carbonyl (C=O) groups is 1. The molecular weight excluding hydrogens is 221 g/mol. The second-order valence-corrected chi connectivity index (χ2v) is 2.34. The number of carboxylic acid groups (broad SMARTS) is 1. The Kier molecular flexibility index (Phi) is 3.21. The van der Waals surface area contributed by atoms with E-state index in [9.17, 15) is 18.4 Å². The van der Waals surface area contributed by atoms with Gasteiger partial charge in [0, 0.05) is 25.7 Å². The van der Waals surface area contributed by atoms with Crippen LogP contribution in [0.3, 0.4) is 0 Å². The molecule has 0 spiro atoms. The van der Waals surface area contributed by atoms with Gasteiger partial charge in [-0.1, -0.05) is 0 Å². The molecule has 82 valence electrons. The van der Waals surface area contributed by atoms with Gasteiger partial charge in [-0.05, 0) is 0 Å². The van der Waals surface area contributed by atoms with Crippen molar-refractivity contribution in [1.29, 1.82) is 0 Å². The molecule has 8 heteroatoms. The summed E-state index contributed by atoms with van der Waals surface area (Å²) in [6.07, 6.45) is 0. The molecule has 0 fully saturated rings. The monoisotopic (exact) mass is 224 g/mol. The lowest BCUT2D eigenvalue weighted by Gasteiger charge is -2.04. The van der Waals surface area contributed by atoms with E-state index in [0.29, 0.717) is 12.1 Å². The van der Waals surface area contributed by atoms with E-state index in [4.69, 9.17) is 5.11 Å². The molecule has 0 saturated carbocycles. The number of carboxylic acids is 1. The minimum Gasteiger partial charge on any atom is -0.478 e. The Balaban J connectivity index is 3.35. The molecule has 1 N–H and O–H groups in total. The van der Waals surface area contributed by atoms with E-state index in [1.165, 1.54) is 0 Å². The summed E-state index contributed by atoms with van der Waals surface area (Å²) < 4.78 is 35.4. The summed E-state index contributed by atoms with van der Waals surface area (Å²) in [4.78, 5) is 19.7. The predicted molar refractivity (Wildman–Crippen MR) is 38.6 cm³/mol. The SMILES string of the molecule is O=C(O)c1cc(OF)c(OF)c(OF)c1. The van der Waals surface area contributed by atoms with Crippen LogP contribution in [0.2, 0.25) is 0 Å². The number of rotatable bonds is 4. The maximum absolute atomic E-state index is 11.8. The first-order valence-electron chi connectivity index (χ1n) is 3.41. The van der Waals surface area contributed by atoms with Gasteiger partial charge in [0.2, 0.25) is 11.5 Å². The molecule has 1 aromatic rings. The van der Waals surface area contributed by atoms with Crippen molar-refractivity contribution in [3.05, 3.63) is 17.7 Å². The summed E-state index contributed by atoms with van der Waals surface area (Å²) in [5, 5.41) is 8.50. The van der Waals surface area contributed by atoms with Gasteiger partial charge in [0.1, 0.15) is 0 Å². The second kappa shape index (κ2) is 4.40. The molecule has 0 aliphatic heterocycles. The zero-order valence-corrected chi connectivity index (χ0v) is 6.87. The van der Waals surface area contributed by atoms with Gasteiger partial charge < -0.3 is 5.11 Å². The fourth-order valence-electron chi connectivity index (χ4n) is 0.891. The fraction of sp³-hybridized carbons (Fsp3) is 0. The minimum absolute atomic E-state index is 0.559. The van der Waals surface area contributed by atoms with E-state index in [0.717, 1.165) is 0 Å². The molecular formula is C7H3F3O5. The van der Waals surface area contributed by atoms with E-state index >= 15 is 0 Å². The van der Waals surface area contributed by atoms with Crippen LogP contribution >= 0.6 is 0 Å². The van der Waals surface area contributed by atoms with Gasteiger partial charge in [0.05, 0.1) is 5.56 Å². The highest BCUT2D eigenvalue weighted by atomic mass is 19.3. The van der Waals surface area contributed by atoms with Crippen LogP contribution in [0.15, 0.2) is 12.1 Å². The first-order valence-corrected chi connectivity index (χ1v) is 3.41. The predicted octanol–water partition coefficient (Wildman–Crippen LogP) is 2.17. The third-order valence-electron chi connectivity index (χ3n) is 1.51. The van der Waals surface area contributed by atoms with Gasteiger partial charge >= 0.3 is 5.97 Å². The molecule has 0 heterocycles. The zero-order valence-electron chi connectivity index (χ0n) is 6.87. The molecule has 0 bridgehead atoms. The summed E-state index contributed by atoms with van der Waals surface area (Å²) in [5.41, 5.74) is -0.559. The molecule has 0 radical (unpaired) electrons. The quantitative estimate of drug-likeness (QED) is 0.848. The van der Waals surface area contributed by atoms with Crippen LogP contribution in [-0.4, -0.2) is 11.1 Å². The van der Waals surface area contributed by atoms with E-state index in [2.05, 4.69) is 14.8 Å². The van der Waals surface area contributed by atoms with Crippen LogP contribution < -0.4 is 14.8 Å². The number of aromatic carboxylic acids is 1. The Morgan fingerprint density at radius 2 is 1.53 bits per heavy atom. The van der Waals surface area contributed by atoms with Crippen LogP contribution in [0.25, 0.3) is 0 Å². The van der Waals surface area contributed by atoms with Crippen molar-refractivity contribution in [2.24, 2.45) is 0 Å². The van der Waals surface area contributed by atoms with Crippen molar-refractivity contribution < 1.29 is 38.3 Å². The lowest BCUT2D eigenvalue weighted by Crippen LogP contribution is -1.98. The molecule has 1 rings (SSSR count). The van der Waals surface area contributed by atoms with Gasteiger partial charge in [-0.15, -0.1) is 0 Å². The van der Waals surface area contributed by atoms with Crippen LogP contribution in [0.1, 0.15) is 10.4 Å². The van der Waals surface area contributed by atoms with E-state index in [1.807, 2.05) is 0 Å². The number of hydrogen-bond acceptors (Lipinski definition) is 4. The molecule has 0 aromatic heterocycles. The maximum Gasteiger partial charge on any atom is 0.335 e. The van der Waals surface area contributed by atoms with Crippen LogP contribution in [0.4, 0.5) is 13.6 Å². The smallest absolute Gasteiger partial charge is 0.335 e. The van der Waals surface area contributed by atoms with Gasteiger partial charge in [0.25, 0.3) is 5.75 Å². The standard InChI is InChI=1S/C7H3F3O5/c8-13-4-1-3(7(11)12)2-5(14-9)6(4)15-10/h1-2H,(H,11,12). The number of hydrogen-bond donors (Lipinski definition) is 1. The van der Waals surface area contributed by atoms with Crippen molar-refractivity contribution in [2.45, 2.75) is 0 Å². The molecule has 1 aromatic carbocycles. The summed E-state index contributed by atoms with van der Waals surface area (Å²) in [5.74, 6) is -4.45. The lowest BCUT2D eigenvalue weighted by atomic mass is 10.2. The Hall–Kier alpha value is -2.12. The summed E-state index contributed by atoms with van der Waals surface area (Å²) in [7, 11) is 0. The second-order valence-electron chi connectivity index (χ2n) is 2.34. The Morgan fingerprint density at radius 1 is 1.07 bits per heavy atom. The molecule has 0 saturated heterocycles. The summed E-state index contributed by atoms with van der Waals surface area (Å²) >= 11 is 0. The van der Waals surface area contributed by atoms with Crippen molar-refractivity contribution >= 4 is 5.97 Å². The van der Waals surface area contributed by atoms with Crippen LogP contribution in [-0.2, 0) is 0 Å². The topological polar surface area (TPSA) is 65.0 Å². The highest BCUT2D eigenvalue weighted by Crippen LogP contribution is 2.39. The van der Waals surface area contributed by atoms with Crippen molar-refractivity contribution in [1.82, 2.24) is 0 Å². The number of halogens is 3. The van der Waals surface area contributed by atoms with E-state index in [1.54, 1.807) is 0 Å². The van der Waals surface area contributed by atoms with Crippen molar-refractivity contribution in [3.8, 4) is 17.2 Å². The molecule has 0 aliphatic carbocycles. The molecule has 0 amide bonds. The highest BCUT2D eigenvalue weighted by molar-refractivity contribution is 5.89. The normalized spacial score (nSPS) is 9.53. The Bertz CT molecular complexity index is 356. The first-order chi connectivity index (χ1) is 7.13. The van der Waals surface area contributed by atoms with Gasteiger partial charge in [-0.3, -0.25) is 14.8 Å². The van der Waals surface area contributed by atoms with E-state index in [-0.39, 0.29) is 0 Å². The lowest BCUT2D eigenvalue weighted by molar-refractivity contribution is -0.0557. The summed E-state index contributed by atoms with van der Waals surface area (Å²) in [6.45, 7) is 0. The zero-order chi connectivity index (χ0) is 11.4. The Morgan fingerprint density at radius 3 is 1.80 bits per heavy atom. The van der Waals surface area contributed by atoms with Crippen molar-refractivity contribution in [2.75, 3.05) is 0 Å². The largest absolute Gasteiger partial charge is 0.478 e. The maximum atomic E-state index is 11.8. The van der Waals surface area contributed by atoms with E-state index < -0.39 is 28.8 Å². The average molecular weight is 224 g/mol. The van der Waals surface area contributed by atoms with Gasteiger partial charge in [0.15, 0.2) is 0 Å². The summed E-state index contributed by atoms with van der Waals surface area (Å²) in [6, 6.07) is 1.19. The third-order valence-corrected chi connectivity index (χ3v) is 1.51. The van der Waals surface area contributed by atoms with Crippen molar-refractivity contribution in [3.63, 3.8) is 0 Å². The molecule has 5 nitrogen and oxygen atoms in total. The molecule has 0 atom stereocenters. The van der Waals surface area contributed by atoms with Gasteiger partial charge in [-0.25, -0.2) is 4.79 Å². The first kappa shape index (κ1) is 11.0. The molecule has 0 aliphatic rings.